The Hall–Kier alpha value is -2.74. The quantitative estimate of drug-likeness (QED) is 0.828. The van der Waals surface area contributed by atoms with Crippen LogP contribution in [0, 0.1) is 11.6 Å². The minimum atomic E-state index is -3.95. The molecule has 2 aromatic carbocycles. The van der Waals surface area contributed by atoms with Gasteiger partial charge in [-0.1, -0.05) is 12.1 Å². The number of fused-ring (bicyclic) bond motifs is 1. The number of carboxylic acid groups (broad SMARTS) is 1. The second kappa shape index (κ2) is 6.87. The number of hydrogen-bond donors (Lipinski definition) is 1. The first-order valence-electron chi connectivity index (χ1n) is 7.81. The second-order valence-electron chi connectivity index (χ2n) is 5.82. The first-order chi connectivity index (χ1) is 12.3. The third-order valence-corrected chi connectivity index (χ3v) is 5.91. The van der Waals surface area contributed by atoms with Gasteiger partial charge in [0, 0.05) is 18.7 Å². The Kier molecular flexibility index (Phi) is 4.78. The summed E-state index contributed by atoms with van der Waals surface area (Å²) >= 11 is 0. The molecule has 0 saturated heterocycles. The largest absolute Gasteiger partial charge is 0.478 e. The summed E-state index contributed by atoms with van der Waals surface area (Å²) in [6.45, 7) is 0.168. The molecule has 1 N–H and O–H groups in total. The predicted molar refractivity (Wildman–Crippen MR) is 92.3 cm³/mol. The summed E-state index contributed by atoms with van der Waals surface area (Å²) in [6.07, 6.45) is 3.25. The van der Waals surface area contributed by atoms with Gasteiger partial charge in [0.05, 0.1) is 10.6 Å². The van der Waals surface area contributed by atoms with Crippen molar-refractivity contribution in [1.29, 1.82) is 0 Å². The molecule has 1 aliphatic rings. The van der Waals surface area contributed by atoms with Crippen LogP contribution in [0.4, 0.5) is 14.5 Å². The highest BCUT2D eigenvalue weighted by atomic mass is 32.2. The van der Waals surface area contributed by atoms with Crippen molar-refractivity contribution in [1.82, 2.24) is 0 Å². The Labute approximate surface area is 149 Å². The van der Waals surface area contributed by atoms with Gasteiger partial charge in [-0.3, -0.25) is 4.31 Å². The van der Waals surface area contributed by atoms with E-state index >= 15 is 0 Å². The van der Waals surface area contributed by atoms with Crippen LogP contribution in [0.2, 0.25) is 0 Å². The van der Waals surface area contributed by atoms with Crippen molar-refractivity contribution in [2.75, 3.05) is 10.8 Å². The molecule has 0 radical (unpaired) electrons. The zero-order valence-electron chi connectivity index (χ0n) is 13.5. The maximum absolute atomic E-state index is 13.6. The normalized spacial score (nSPS) is 14.5. The monoisotopic (exact) mass is 379 g/mol. The third-order valence-electron chi connectivity index (χ3n) is 4.08. The van der Waals surface area contributed by atoms with Crippen molar-refractivity contribution in [2.24, 2.45) is 0 Å². The zero-order valence-corrected chi connectivity index (χ0v) is 14.3. The van der Waals surface area contributed by atoms with Crippen molar-refractivity contribution >= 4 is 27.8 Å². The molecule has 5 nitrogen and oxygen atoms in total. The second-order valence-corrected chi connectivity index (χ2v) is 7.68. The molecule has 0 amide bonds. The molecule has 0 unspecified atom stereocenters. The van der Waals surface area contributed by atoms with Crippen LogP contribution in [-0.4, -0.2) is 26.0 Å². The number of carboxylic acids is 1. The summed E-state index contributed by atoms with van der Waals surface area (Å²) in [7, 11) is -3.95. The molecular formula is C18H15F2NO4S. The molecule has 136 valence electrons. The Morgan fingerprint density at radius 3 is 2.42 bits per heavy atom. The van der Waals surface area contributed by atoms with Crippen molar-refractivity contribution in [3.05, 3.63) is 65.2 Å². The molecule has 2 aromatic rings. The van der Waals surface area contributed by atoms with Gasteiger partial charge in [0.2, 0.25) is 0 Å². The van der Waals surface area contributed by atoms with Crippen LogP contribution < -0.4 is 4.31 Å². The number of carbonyl (C=O) groups is 1. The number of rotatable bonds is 4. The molecule has 26 heavy (non-hydrogen) atoms. The van der Waals surface area contributed by atoms with Crippen molar-refractivity contribution in [2.45, 2.75) is 17.7 Å². The zero-order chi connectivity index (χ0) is 18.9. The standard InChI is InChI=1S/C18H15F2NO4S/c19-15-10-13-2-1-9-21(17(13)11-16(15)20)26(24,25)14-6-3-12(4-7-14)5-8-18(22)23/h3-8,10-11H,1-2,9H2,(H,22,23)/b8-5+. The first kappa shape index (κ1) is 18.1. The Bertz CT molecular complexity index is 985. The van der Waals surface area contributed by atoms with E-state index in [1.807, 2.05) is 0 Å². The fraction of sp³-hybridized carbons (Fsp3) is 0.167. The van der Waals surface area contributed by atoms with Gasteiger partial charge in [-0.05, 0) is 48.2 Å². The van der Waals surface area contributed by atoms with E-state index < -0.39 is 27.6 Å². The topological polar surface area (TPSA) is 74.7 Å². The molecule has 0 atom stereocenters. The summed E-state index contributed by atoms with van der Waals surface area (Å²) < 4.78 is 54.0. The number of anilines is 1. The Balaban J connectivity index is 1.97. The van der Waals surface area contributed by atoms with E-state index in [0.717, 1.165) is 22.5 Å². The number of aryl methyl sites for hydroxylation is 1. The van der Waals surface area contributed by atoms with Gasteiger partial charge < -0.3 is 5.11 Å². The summed E-state index contributed by atoms with van der Waals surface area (Å²) in [4.78, 5) is 10.5. The minimum absolute atomic E-state index is 0.0115. The highest BCUT2D eigenvalue weighted by Crippen LogP contribution is 2.33. The van der Waals surface area contributed by atoms with Crippen LogP contribution in [0.25, 0.3) is 6.08 Å². The number of benzene rings is 2. The molecule has 0 fully saturated rings. The lowest BCUT2D eigenvalue weighted by molar-refractivity contribution is -0.131. The maximum Gasteiger partial charge on any atom is 0.328 e. The van der Waals surface area contributed by atoms with E-state index in [1.165, 1.54) is 30.3 Å². The summed E-state index contributed by atoms with van der Waals surface area (Å²) in [6, 6.07) is 7.60. The molecule has 0 spiro atoms. The van der Waals surface area contributed by atoms with E-state index in [4.69, 9.17) is 5.11 Å². The summed E-state index contributed by atoms with van der Waals surface area (Å²) in [5.41, 5.74) is 1.11. The van der Waals surface area contributed by atoms with Crippen LogP contribution in [-0.2, 0) is 21.2 Å². The lowest BCUT2D eigenvalue weighted by Gasteiger charge is -2.30. The van der Waals surface area contributed by atoms with Gasteiger partial charge in [-0.2, -0.15) is 0 Å². The van der Waals surface area contributed by atoms with Crippen LogP contribution in [0.15, 0.2) is 47.4 Å². The molecule has 1 aliphatic heterocycles. The number of halogens is 2. The smallest absolute Gasteiger partial charge is 0.328 e. The van der Waals surface area contributed by atoms with Crippen molar-refractivity contribution < 1.29 is 27.1 Å². The van der Waals surface area contributed by atoms with E-state index in [9.17, 15) is 22.0 Å². The summed E-state index contributed by atoms with van der Waals surface area (Å²) in [5, 5.41) is 8.62. The fourth-order valence-corrected chi connectivity index (χ4v) is 4.37. The maximum atomic E-state index is 13.6. The molecule has 0 saturated carbocycles. The average Bonchev–Trinajstić information content (AvgIpc) is 2.60. The molecule has 0 bridgehead atoms. The van der Waals surface area contributed by atoms with Gasteiger partial charge in [0.1, 0.15) is 0 Å². The molecule has 3 rings (SSSR count). The lowest BCUT2D eigenvalue weighted by atomic mass is 10.0. The van der Waals surface area contributed by atoms with Gasteiger partial charge in [0.25, 0.3) is 10.0 Å². The van der Waals surface area contributed by atoms with Gasteiger partial charge in [-0.25, -0.2) is 22.0 Å². The number of hydrogen-bond acceptors (Lipinski definition) is 3. The molecule has 8 heteroatoms. The molecule has 1 heterocycles. The number of aliphatic carboxylic acids is 1. The van der Waals surface area contributed by atoms with Crippen LogP contribution in [0.1, 0.15) is 17.5 Å². The average molecular weight is 379 g/mol. The highest BCUT2D eigenvalue weighted by Gasteiger charge is 2.30. The summed E-state index contributed by atoms with van der Waals surface area (Å²) in [5.74, 6) is -3.21. The van der Waals surface area contributed by atoms with Gasteiger partial charge in [0.15, 0.2) is 11.6 Å². The predicted octanol–water partition coefficient (Wildman–Crippen LogP) is 3.20. The van der Waals surface area contributed by atoms with E-state index in [-0.39, 0.29) is 17.1 Å². The van der Waals surface area contributed by atoms with Crippen LogP contribution in [0.3, 0.4) is 0 Å². The van der Waals surface area contributed by atoms with Gasteiger partial charge >= 0.3 is 5.97 Å². The number of sulfonamides is 1. The van der Waals surface area contributed by atoms with Crippen LogP contribution in [0.5, 0.6) is 0 Å². The minimum Gasteiger partial charge on any atom is -0.478 e. The first-order valence-corrected chi connectivity index (χ1v) is 9.25. The van der Waals surface area contributed by atoms with Crippen molar-refractivity contribution in [3.63, 3.8) is 0 Å². The lowest BCUT2D eigenvalue weighted by Crippen LogP contribution is -2.35. The SMILES string of the molecule is O=C(O)/C=C/c1ccc(S(=O)(=O)N2CCCc3cc(F)c(F)cc32)cc1. The van der Waals surface area contributed by atoms with E-state index in [1.54, 1.807) is 0 Å². The Morgan fingerprint density at radius 1 is 1.12 bits per heavy atom. The third kappa shape index (κ3) is 3.45. The number of nitrogens with zero attached hydrogens (tertiary/aromatic N) is 1. The molecule has 0 aromatic heterocycles. The van der Waals surface area contributed by atoms with E-state index in [2.05, 4.69) is 0 Å². The van der Waals surface area contributed by atoms with Crippen LogP contribution >= 0.6 is 0 Å². The highest BCUT2D eigenvalue weighted by molar-refractivity contribution is 7.92. The molecular weight excluding hydrogens is 364 g/mol. The Morgan fingerprint density at radius 2 is 1.77 bits per heavy atom. The fourth-order valence-electron chi connectivity index (χ4n) is 2.84. The van der Waals surface area contributed by atoms with Gasteiger partial charge in [-0.15, -0.1) is 0 Å². The van der Waals surface area contributed by atoms with E-state index in [0.29, 0.717) is 24.0 Å². The van der Waals surface area contributed by atoms with Crippen molar-refractivity contribution in [3.8, 4) is 0 Å². The molecule has 0 aliphatic carbocycles.